The summed E-state index contributed by atoms with van der Waals surface area (Å²) in [4.78, 5) is 11.3. The Kier molecular flexibility index (Phi) is 3.31. The number of esters is 1. The lowest BCUT2D eigenvalue weighted by Crippen LogP contribution is -2.05. The molecule has 0 saturated heterocycles. The van der Waals surface area contributed by atoms with Gasteiger partial charge in [-0.05, 0) is 6.42 Å². The zero-order chi connectivity index (χ0) is 9.84. The molecule has 1 rings (SSSR count). The molecule has 5 heteroatoms. The third-order valence-electron chi connectivity index (χ3n) is 1.52. The van der Waals surface area contributed by atoms with Crippen molar-refractivity contribution in [3.05, 3.63) is 16.9 Å². The van der Waals surface area contributed by atoms with Gasteiger partial charge in [0.2, 0.25) is 0 Å². The average Bonchev–Trinajstić information content (AvgIpc) is 2.44. The minimum atomic E-state index is -0.417. The summed E-state index contributed by atoms with van der Waals surface area (Å²) < 4.78 is 6.32. The zero-order valence-electron chi connectivity index (χ0n) is 7.58. The third-order valence-corrected chi connectivity index (χ3v) is 1.97. The molecule has 4 nitrogen and oxygen atoms in total. The molecule has 13 heavy (non-hydrogen) atoms. The quantitative estimate of drug-likeness (QED) is 0.700. The second kappa shape index (κ2) is 4.28. The summed E-state index contributed by atoms with van der Waals surface area (Å²) in [7, 11) is 1.67. The van der Waals surface area contributed by atoms with Crippen LogP contribution in [0.3, 0.4) is 0 Å². The number of aryl methyl sites for hydroxylation is 1. The van der Waals surface area contributed by atoms with Crippen LogP contribution in [-0.2, 0) is 11.8 Å². The molecule has 0 unspecified atom stereocenters. The van der Waals surface area contributed by atoms with Gasteiger partial charge in [-0.15, -0.1) is 0 Å². The monoisotopic (exact) mass is 202 g/mol. The van der Waals surface area contributed by atoms with Gasteiger partial charge in [-0.2, -0.15) is 5.10 Å². The molecule has 0 spiro atoms. The number of hydrogen-bond acceptors (Lipinski definition) is 3. The molecule has 0 aliphatic rings. The third kappa shape index (κ3) is 2.21. The summed E-state index contributed by atoms with van der Waals surface area (Å²) in [6.45, 7) is 2.34. The van der Waals surface area contributed by atoms with Gasteiger partial charge in [-0.25, -0.2) is 4.79 Å². The topological polar surface area (TPSA) is 44.1 Å². The Balaban J connectivity index is 2.71. The van der Waals surface area contributed by atoms with Gasteiger partial charge in [-0.1, -0.05) is 18.5 Å². The minimum Gasteiger partial charge on any atom is -0.462 e. The van der Waals surface area contributed by atoms with Gasteiger partial charge in [0.15, 0.2) is 0 Å². The lowest BCUT2D eigenvalue weighted by atomic mass is 10.4. The molecule has 1 heterocycles. The molecule has 0 atom stereocenters. The highest BCUT2D eigenvalue weighted by Crippen LogP contribution is 2.14. The summed E-state index contributed by atoms with van der Waals surface area (Å²) in [6, 6.07) is 0. The molecule has 0 aliphatic heterocycles. The number of hydrogen-bond donors (Lipinski definition) is 0. The molecule has 0 fully saturated rings. The highest BCUT2D eigenvalue weighted by Gasteiger charge is 2.14. The standard InChI is InChI=1S/C8H11ClN2O2/c1-3-4-13-8(12)6-5-10-11(2)7(6)9/h5H,3-4H2,1-2H3. The van der Waals surface area contributed by atoms with Crippen molar-refractivity contribution in [2.45, 2.75) is 13.3 Å². The van der Waals surface area contributed by atoms with Crippen LogP contribution in [0.1, 0.15) is 23.7 Å². The Labute approximate surface area is 81.4 Å². The van der Waals surface area contributed by atoms with Crippen molar-refractivity contribution < 1.29 is 9.53 Å². The number of rotatable bonds is 3. The van der Waals surface area contributed by atoms with E-state index in [1.807, 2.05) is 6.92 Å². The van der Waals surface area contributed by atoms with Crippen LogP contribution in [0.5, 0.6) is 0 Å². The van der Waals surface area contributed by atoms with Gasteiger partial charge in [0.05, 0.1) is 12.8 Å². The first-order valence-electron chi connectivity index (χ1n) is 4.01. The van der Waals surface area contributed by atoms with Gasteiger partial charge in [0.25, 0.3) is 0 Å². The molecule has 1 aromatic rings. The molecule has 0 aliphatic carbocycles. The summed E-state index contributed by atoms with van der Waals surface area (Å²) in [6.07, 6.45) is 2.20. The molecule has 1 aromatic heterocycles. The summed E-state index contributed by atoms with van der Waals surface area (Å²) in [5.74, 6) is -0.417. The molecule has 0 bridgehead atoms. The van der Waals surface area contributed by atoms with Gasteiger partial charge in [0, 0.05) is 7.05 Å². The van der Waals surface area contributed by atoms with E-state index in [0.29, 0.717) is 17.3 Å². The van der Waals surface area contributed by atoms with E-state index < -0.39 is 5.97 Å². The maximum absolute atomic E-state index is 11.3. The van der Waals surface area contributed by atoms with Crippen molar-refractivity contribution in [1.29, 1.82) is 0 Å². The number of nitrogens with zero attached hydrogens (tertiary/aromatic N) is 2. The first kappa shape index (κ1) is 10.1. The largest absolute Gasteiger partial charge is 0.462 e. The average molecular weight is 203 g/mol. The van der Waals surface area contributed by atoms with Crippen LogP contribution in [0, 0.1) is 0 Å². The SMILES string of the molecule is CCCOC(=O)c1cnn(C)c1Cl. The molecular weight excluding hydrogens is 192 g/mol. The Hall–Kier alpha value is -1.03. The number of carbonyl (C=O) groups is 1. The lowest BCUT2D eigenvalue weighted by Gasteiger charge is -2.00. The van der Waals surface area contributed by atoms with E-state index in [1.54, 1.807) is 7.05 Å². The molecule has 0 N–H and O–H groups in total. The van der Waals surface area contributed by atoms with Crippen molar-refractivity contribution >= 4 is 17.6 Å². The van der Waals surface area contributed by atoms with Crippen molar-refractivity contribution in [2.24, 2.45) is 7.05 Å². The maximum Gasteiger partial charge on any atom is 0.342 e. The van der Waals surface area contributed by atoms with Crippen molar-refractivity contribution in [3.8, 4) is 0 Å². The number of aromatic nitrogens is 2. The van der Waals surface area contributed by atoms with Crippen molar-refractivity contribution in [1.82, 2.24) is 9.78 Å². The van der Waals surface area contributed by atoms with Gasteiger partial charge < -0.3 is 4.74 Å². The van der Waals surface area contributed by atoms with Gasteiger partial charge in [-0.3, -0.25) is 4.68 Å². The number of carbonyl (C=O) groups excluding carboxylic acids is 1. The van der Waals surface area contributed by atoms with Crippen LogP contribution in [-0.4, -0.2) is 22.4 Å². The van der Waals surface area contributed by atoms with Crippen LogP contribution in [0.25, 0.3) is 0 Å². The minimum absolute atomic E-state index is 0.307. The smallest absolute Gasteiger partial charge is 0.342 e. The Morgan fingerprint density at radius 2 is 2.46 bits per heavy atom. The fraction of sp³-hybridized carbons (Fsp3) is 0.500. The first-order valence-corrected chi connectivity index (χ1v) is 4.39. The van der Waals surface area contributed by atoms with Crippen LogP contribution in [0.4, 0.5) is 0 Å². The fourth-order valence-corrected chi connectivity index (χ4v) is 1.00. The van der Waals surface area contributed by atoms with Crippen LogP contribution >= 0.6 is 11.6 Å². The Bertz CT molecular complexity index is 309. The van der Waals surface area contributed by atoms with Crippen LogP contribution < -0.4 is 0 Å². The summed E-state index contributed by atoms with van der Waals surface area (Å²) in [5.41, 5.74) is 0.317. The molecule has 0 amide bonds. The second-order valence-electron chi connectivity index (χ2n) is 2.61. The number of ether oxygens (including phenoxy) is 1. The van der Waals surface area contributed by atoms with E-state index in [-0.39, 0.29) is 0 Å². The van der Waals surface area contributed by atoms with Crippen molar-refractivity contribution in [2.75, 3.05) is 6.61 Å². The predicted octanol–water partition coefficient (Wildman–Crippen LogP) is 1.64. The number of halogens is 1. The zero-order valence-corrected chi connectivity index (χ0v) is 8.34. The molecule has 72 valence electrons. The van der Waals surface area contributed by atoms with Crippen molar-refractivity contribution in [3.63, 3.8) is 0 Å². The maximum atomic E-state index is 11.3. The second-order valence-corrected chi connectivity index (χ2v) is 2.97. The fourth-order valence-electron chi connectivity index (χ4n) is 0.832. The Morgan fingerprint density at radius 1 is 1.77 bits per heavy atom. The molecule has 0 saturated carbocycles. The van der Waals surface area contributed by atoms with E-state index in [0.717, 1.165) is 6.42 Å². The predicted molar refractivity (Wildman–Crippen MR) is 48.8 cm³/mol. The normalized spacial score (nSPS) is 10.1. The van der Waals surface area contributed by atoms with Crippen LogP contribution in [0.15, 0.2) is 6.20 Å². The highest BCUT2D eigenvalue weighted by atomic mass is 35.5. The van der Waals surface area contributed by atoms with E-state index in [2.05, 4.69) is 5.10 Å². The van der Waals surface area contributed by atoms with Gasteiger partial charge in [0.1, 0.15) is 10.7 Å². The lowest BCUT2D eigenvalue weighted by molar-refractivity contribution is 0.0505. The first-order chi connectivity index (χ1) is 6.16. The van der Waals surface area contributed by atoms with E-state index in [9.17, 15) is 4.79 Å². The summed E-state index contributed by atoms with van der Waals surface area (Å²) in [5, 5.41) is 4.14. The highest BCUT2D eigenvalue weighted by molar-refractivity contribution is 6.32. The summed E-state index contributed by atoms with van der Waals surface area (Å²) >= 11 is 5.78. The molecular formula is C8H11ClN2O2. The van der Waals surface area contributed by atoms with E-state index in [1.165, 1.54) is 10.9 Å². The van der Waals surface area contributed by atoms with Crippen LogP contribution in [0.2, 0.25) is 5.15 Å². The van der Waals surface area contributed by atoms with E-state index >= 15 is 0 Å². The molecule has 0 radical (unpaired) electrons. The molecule has 0 aromatic carbocycles. The Morgan fingerprint density at radius 3 is 2.92 bits per heavy atom. The van der Waals surface area contributed by atoms with E-state index in [4.69, 9.17) is 16.3 Å². The van der Waals surface area contributed by atoms with Gasteiger partial charge >= 0.3 is 5.97 Å².